The first kappa shape index (κ1) is 13.9. The van der Waals surface area contributed by atoms with E-state index in [-0.39, 0.29) is 21.9 Å². The molecule has 102 valence electrons. The van der Waals surface area contributed by atoms with Crippen LogP contribution in [0, 0.1) is 0 Å². The first-order valence-electron chi connectivity index (χ1n) is 5.49. The molecule has 0 aliphatic carbocycles. The maximum atomic E-state index is 11.0. The highest BCUT2D eigenvalue weighted by Crippen LogP contribution is 2.32. The van der Waals surface area contributed by atoms with Gasteiger partial charge in [-0.3, -0.25) is 0 Å². The zero-order valence-corrected chi connectivity index (χ0v) is 10.8. The Hall–Kier alpha value is -2.53. The van der Waals surface area contributed by atoms with Gasteiger partial charge in [-0.1, -0.05) is 17.7 Å². The summed E-state index contributed by atoms with van der Waals surface area (Å²) < 4.78 is 0. The fraction of sp³-hybridized carbons (Fsp3) is 0. The zero-order chi connectivity index (χ0) is 14.9. The molecule has 0 fully saturated rings. The van der Waals surface area contributed by atoms with Gasteiger partial charge in [0.2, 0.25) is 0 Å². The number of carboxylic acid groups (broad SMARTS) is 2. The first-order valence-corrected chi connectivity index (χ1v) is 5.87. The van der Waals surface area contributed by atoms with E-state index in [0.717, 1.165) is 6.07 Å². The molecule has 5 nitrogen and oxygen atoms in total. The summed E-state index contributed by atoms with van der Waals surface area (Å²) in [5.41, 5.74) is 0.611. The molecule has 0 unspecified atom stereocenters. The second-order valence-corrected chi connectivity index (χ2v) is 4.44. The van der Waals surface area contributed by atoms with E-state index in [1.54, 1.807) is 6.07 Å². The number of aromatic hydroxyl groups is 1. The second-order valence-electron chi connectivity index (χ2n) is 4.04. The van der Waals surface area contributed by atoms with E-state index in [4.69, 9.17) is 21.8 Å². The number of rotatable bonds is 3. The molecule has 0 spiro atoms. The predicted octanol–water partition coefficient (Wildman–Crippen LogP) is 3.11. The van der Waals surface area contributed by atoms with Gasteiger partial charge in [-0.2, -0.15) is 0 Å². The Kier molecular flexibility index (Phi) is 3.63. The van der Waals surface area contributed by atoms with Crippen molar-refractivity contribution in [3.05, 3.63) is 52.5 Å². The van der Waals surface area contributed by atoms with Gasteiger partial charge in [0, 0.05) is 5.56 Å². The van der Waals surface area contributed by atoms with Crippen molar-refractivity contribution >= 4 is 23.5 Å². The second kappa shape index (κ2) is 5.22. The monoisotopic (exact) mass is 292 g/mol. The van der Waals surface area contributed by atoms with Gasteiger partial charge in [0.25, 0.3) is 0 Å². The maximum Gasteiger partial charge on any atom is 0.337 e. The Morgan fingerprint density at radius 2 is 1.65 bits per heavy atom. The molecule has 0 radical (unpaired) electrons. The average molecular weight is 293 g/mol. The summed E-state index contributed by atoms with van der Waals surface area (Å²) in [5, 5.41) is 27.8. The van der Waals surface area contributed by atoms with Crippen molar-refractivity contribution in [2.45, 2.75) is 0 Å². The molecule has 0 aliphatic rings. The minimum Gasteiger partial charge on any atom is -0.507 e. The molecule has 0 aliphatic heterocycles. The normalized spacial score (nSPS) is 10.2. The minimum atomic E-state index is -1.18. The van der Waals surface area contributed by atoms with E-state index in [1.807, 2.05) is 0 Å². The fourth-order valence-corrected chi connectivity index (χ4v) is 1.96. The van der Waals surface area contributed by atoms with Crippen LogP contribution in [0.4, 0.5) is 0 Å². The van der Waals surface area contributed by atoms with Crippen LogP contribution in [0.3, 0.4) is 0 Å². The standard InChI is InChI=1S/C14H9ClO5/c15-11-4-2-7(5-10(11)14(19)20)9-3-1-8(13(17)18)6-12(9)16/h1-6,16H,(H,17,18)(H,19,20). The largest absolute Gasteiger partial charge is 0.507 e. The lowest BCUT2D eigenvalue weighted by Gasteiger charge is -2.08. The van der Waals surface area contributed by atoms with Crippen molar-refractivity contribution in [1.29, 1.82) is 0 Å². The topological polar surface area (TPSA) is 94.8 Å². The minimum absolute atomic E-state index is 0.0568. The molecular weight excluding hydrogens is 284 g/mol. The number of phenolic OH excluding ortho intramolecular Hbond substituents is 1. The lowest BCUT2D eigenvalue weighted by atomic mass is 10.0. The quantitative estimate of drug-likeness (QED) is 0.808. The zero-order valence-electron chi connectivity index (χ0n) is 10.0. The number of aromatic carboxylic acids is 2. The van der Waals surface area contributed by atoms with Crippen LogP contribution >= 0.6 is 11.6 Å². The summed E-state index contributed by atoms with van der Waals surface area (Å²) in [6.45, 7) is 0. The van der Waals surface area contributed by atoms with Crippen LogP contribution in [0.5, 0.6) is 5.75 Å². The third-order valence-electron chi connectivity index (χ3n) is 2.75. The summed E-state index contributed by atoms with van der Waals surface area (Å²) in [5.74, 6) is -2.59. The van der Waals surface area contributed by atoms with Crippen molar-refractivity contribution in [3.8, 4) is 16.9 Å². The number of carboxylic acids is 2. The van der Waals surface area contributed by atoms with E-state index in [0.29, 0.717) is 11.1 Å². The molecule has 0 aromatic heterocycles. The summed E-state index contributed by atoms with van der Waals surface area (Å²) in [4.78, 5) is 21.8. The molecule has 2 aromatic rings. The molecule has 20 heavy (non-hydrogen) atoms. The number of hydrogen-bond donors (Lipinski definition) is 3. The summed E-state index contributed by atoms with van der Waals surface area (Å²) in [6, 6.07) is 8.11. The van der Waals surface area contributed by atoms with Crippen LogP contribution in [0.25, 0.3) is 11.1 Å². The van der Waals surface area contributed by atoms with Gasteiger partial charge in [-0.15, -0.1) is 0 Å². The summed E-state index contributed by atoms with van der Waals surface area (Å²) >= 11 is 5.76. The van der Waals surface area contributed by atoms with E-state index in [2.05, 4.69) is 0 Å². The molecular formula is C14H9ClO5. The van der Waals surface area contributed by atoms with Crippen LogP contribution < -0.4 is 0 Å². The van der Waals surface area contributed by atoms with Crippen molar-refractivity contribution in [2.75, 3.05) is 0 Å². The Balaban J connectivity index is 2.54. The number of carbonyl (C=O) groups is 2. The van der Waals surface area contributed by atoms with E-state index >= 15 is 0 Å². The average Bonchev–Trinajstić information content (AvgIpc) is 2.39. The highest BCUT2D eigenvalue weighted by Gasteiger charge is 2.13. The number of phenols is 1. The fourth-order valence-electron chi connectivity index (χ4n) is 1.77. The summed E-state index contributed by atoms with van der Waals surface area (Å²) in [6.07, 6.45) is 0. The smallest absolute Gasteiger partial charge is 0.337 e. The molecule has 0 saturated heterocycles. The van der Waals surface area contributed by atoms with Crippen molar-refractivity contribution < 1.29 is 24.9 Å². The van der Waals surface area contributed by atoms with Crippen LogP contribution in [0.2, 0.25) is 5.02 Å². The molecule has 0 amide bonds. The van der Waals surface area contributed by atoms with Gasteiger partial charge in [-0.25, -0.2) is 9.59 Å². The number of hydrogen-bond acceptors (Lipinski definition) is 3. The van der Waals surface area contributed by atoms with E-state index in [1.165, 1.54) is 24.3 Å². The Labute approximate surface area is 118 Å². The molecule has 2 aromatic carbocycles. The Bertz CT molecular complexity index is 709. The lowest BCUT2D eigenvalue weighted by Crippen LogP contribution is -1.98. The molecule has 6 heteroatoms. The highest BCUT2D eigenvalue weighted by atomic mass is 35.5. The third kappa shape index (κ3) is 2.57. The SMILES string of the molecule is O=C(O)c1ccc(-c2ccc(Cl)c(C(=O)O)c2)c(O)c1. The van der Waals surface area contributed by atoms with Gasteiger partial charge in [0.05, 0.1) is 16.1 Å². The van der Waals surface area contributed by atoms with E-state index in [9.17, 15) is 14.7 Å². The van der Waals surface area contributed by atoms with E-state index < -0.39 is 11.9 Å². The first-order chi connectivity index (χ1) is 9.40. The molecule has 0 saturated carbocycles. The van der Waals surface area contributed by atoms with Gasteiger partial charge in [-0.05, 0) is 35.9 Å². The molecule has 0 atom stereocenters. The van der Waals surface area contributed by atoms with Crippen molar-refractivity contribution in [2.24, 2.45) is 0 Å². The molecule has 0 heterocycles. The van der Waals surface area contributed by atoms with Gasteiger partial charge >= 0.3 is 11.9 Å². The highest BCUT2D eigenvalue weighted by molar-refractivity contribution is 6.33. The van der Waals surface area contributed by atoms with Crippen molar-refractivity contribution in [1.82, 2.24) is 0 Å². The lowest BCUT2D eigenvalue weighted by molar-refractivity contribution is 0.0686. The number of halogens is 1. The predicted molar refractivity (Wildman–Crippen MR) is 72.5 cm³/mol. The van der Waals surface area contributed by atoms with Gasteiger partial charge < -0.3 is 15.3 Å². The van der Waals surface area contributed by atoms with Crippen molar-refractivity contribution in [3.63, 3.8) is 0 Å². The van der Waals surface area contributed by atoms with Crippen LogP contribution in [0.15, 0.2) is 36.4 Å². The third-order valence-corrected chi connectivity index (χ3v) is 3.08. The Morgan fingerprint density at radius 1 is 0.950 bits per heavy atom. The number of benzene rings is 2. The van der Waals surface area contributed by atoms with Gasteiger partial charge in [0.1, 0.15) is 5.75 Å². The maximum absolute atomic E-state index is 11.0. The summed E-state index contributed by atoms with van der Waals surface area (Å²) in [7, 11) is 0. The van der Waals surface area contributed by atoms with Crippen LogP contribution in [-0.2, 0) is 0 Å². The van der Waals surface area contributed by atoms with Gasteiger partial charge in [0.15, 0.2) is 0 Å². The molecule has 3 N–H and O–H groups in total. The van der Waals surface area contributed by atoms with Crippen LogP contribution in [0.1, 0.15) is 20.7 Å². The molecule has 0 bridgehead atoms. The van der Waals surface area contributed by atoms with Crippen LogP contribution in [-0.4, -0.2) is 27.3 Å². The molecule has 2 rings (SSSR count). The Morgan fingerprint density at radius 3 is 2.20 bits per heavy atom.